The second-order valence-corrected chi connectivity index (χ2v) is 11.7. The molecule has 1 spiro atoms. The van der Waals surface area contributed by atoms with Crippen molar-refractivity contribution in [1.82, 2.24) is 15.3 Å². The number of rotatable bonds is 3. The first kappa shape index (κ1) is 22.5. The summed E-state index contributed by atoms with van der Waals surface area (Å²) in [6.45, 7) is 3.07. The first-order valence-electron chi connectivity index (χ1n) is 13.6. The molecule has 4 aliphatic rings. The predicted octanol–water partition coefficient (Wildman–Crippen LogP) is 4.20. The average Bonchev–Trinajstić information content (AvgIpc) is 3.23. The summed E-state index contributed by atoms with van der Waals surface area (Å²) in [5, 5.41) is 26.9. The van der Waals surface area contributed by atoms with Crippen LogP contribution in [0, 0.1) is 11.2 Å². The number of hydrogen-bond donors (Lipinski definition) is 3. The molecule has 8 rings (SSSR count). The molecular weight excluding hydrogens is 481 g/mol. The van der Waals surface area contributed by atoms with Crippen molar-refractivity contribution >= 4 is 33.4 Å². The minimum Gasteiger partial charge on any atom is -0.508 e. The topological polar surface area (TPSA) is 84.8 Å². The molecule has 4 aromatic rings. The van der Waals surface area contributed by atoms with E-state index >= 15 is 4.39 Å². The zero-order valence-electron chi connectivity index (χ0n) is 21.1. The van der Waals surface area contributed by atoms with E-state index in [1.54, 1.807) is 18.2 Å². The summed E-state index contributed by atoms with van der Waals surface area (Å²) in [7, 11) is 0. The summed E-state index contributed by atoms with van der Waals surface area (Å²) in [5.74, 6) is 1.01. The third-order valence-corrected chi connectivity index (χ3v) is 9.34. The molecule has 7 nitrogen and oxygen atoms in total. The molecule has 3 N–H and O–H groups in total. The molecule has 38 heavy (non-hydrogen) atoms. The van der Waals surface area contributed by atoms with Gasteiger partial charge >= 0.3 is 0 Å². The molecule has 4 fully saturated rings. The lowest BCUT2D eigenvalue weighted by atomic mass is 9.61. The SMILES string of the molecule is Oc1cc(-c2ccc3c(N4C[C@H]5CC[C@@H](C4)N5)nc(N4CC5(CCC5O)C4)nc3c2F)c2ccccc2c1. The summed E-state index contributed by atoms with van der Waals surface area (Å²) in [4.78, 5) is 14.2. The maximum absolute atomic E-state index is 16.5. The summed E-state index contributed by atoms with van der Waals surface area (Å²) >= 11 is 0. The van der Waals surface area contributed by atoms with Crippen molar-refractivity contribution in [3.63, 3.8) is 0 Å². The Morgan fingerprint density at radius 1 is 0.895 bits per heavy atom. The Bertz CT molecular complexity index is 1590. The fourth-order valence-corrected chi connectivity index (χ4v) is 7.12. The number of nitrogens with one attached hydrogen (secondary N) is 1. The van der Waals surface area contributed by atoms with Gasteiger partial charge in [-0.2, -0.15) is 4.98 Å². The highest BCUT2D eigenvalue weighted by Crippen LogP contribution is 2.49. The average molecular weight is 512 g/mol. The molecule has 3 saturated heterocycles. The Hall–Kier alpha value is -3.49. The molecule has 1 aliphatic carbocycles. The van der Waals surface area contributed by atoms with Crippen molar-refractivity contribution in [1.29, 1.82) is 0 Å². The fourth-order valence-electron chi connectivity index (χ4n) is 7.12. The summed E-state index contributed by atoms with van der Waals surface area (Å²) in [5.41, 5.74) is 1.29. The fraction of sp³-hybridized carbons (Fsp3) is 0.400. The van der Waals surface area contributed by atoms with Gasteiger partial charge in [-0.3, -0.25) is 0 Å². The van der Waals surface area contributed by atoms with Crippen molar-refractivity contribution < 1.29 is 14.6 Å². The number of piperazine rings is 1. The molecule has 2 bridgehead atoms. The number of nitrogens with zero attached hydrogens (tertiary/aromatic N) is 4. The van der Waals surface area contributed by atoms with Crippen molar-refractivity contribution in [2.45, 2.75) is 43.9 Å². The predicted molar refractivity (Wildman–Crippen MR) is 146 cm³/mol. The maximum atomic E-state index is 16.5. The number of phenols is 1. The molecule has 3 aromatic carbocycles. The van der Waals surface area contributed by atoms with Crippen molar-refractivity contribution in [2.24, 2.45) is 5.41 Å². The molecule has 8 heteroatoms. The lowest BCUT2D eigenvalue weighted by molar-refractivity contribution is -0.0827. The number of fused-ring (bicyclic) bond motifs is 4. The Labute approximate surface area is 219 Å². The standard InChI is InChI=1S/C30H30FN5O2/c31-26-22(24-12-20(37)11-17-3-1-2-4-21(17)24)7-8-23-27(26)33-29(36-15-30(16-36)10-9-25(30)38)34-28(23)35-13-18-5-6-19(14-35)32-18/h1-4,7-8,11-12,18-19,25,32,37-38H,5-6,9-10,13-16H2/t18-,19+,25?. The van der Waals surface area contributed by atoms with Gasteiger partial charge in [0.05, 0.1) is 6.10 Å². The molecule has 4 heterocycles. The van der Waals surface area contributed by atoms with E-state index in [1.807, 2.05) is 30.3 Å². The number of aliphatic hydroxyl groups excluding tert-OH is 1. The van der Waals surface area contributed by atoms with Gasteiger partial charge in [-0.05, 0) is 60.2 Å². The van der Waals surface area contributed by atoms with Crippen LogP contribution in [0.15, 0.2) is 48.5 Å². The van der Waals surface area contributed by atoms with Gasteiger partial charge in [0.1, 0.15) is 17.1 Å². The van der Waals surface area contributed by atoms with Gasteiger partial charge in [-0.25, -0.2) is 9.37 Å². The van der Waals surface area contributed by atoms with Crippen LogP contribution in [-0.2, 0) is 0 Å². The van der Waals surface area contributed by atoms with Gasteiger partial charge in [0.2, 0.25) is 5.95 Å². The van der Waals surface area contributed by atoms with Gasteiger partial charge < -0.3 is 25.3 Å². The van der Waals surface area contributed by atoms with Gasteiger partial charge in [0.15, 0.2) is 5.82 Å². The normalized spacial score (nSPS) is 25.7. The summed E-state index contributed by atoms with van der Waals surface area (Å²) in [6.07, 6.45) is 3.87. The lowest BCUT2D eigenvalue weighted by Crippen LogP contribution is -2.67. The monoisotopic (exact) mass is 511 g/mol. The lowest BCUT2D eigenvalue weighted by Gasteiger charge is -2.58. The van der Waals surface area contributed by atoms with E-state index in [2.05, 4.69) is 15.1 Å². The van der Waals surface area contributed by atoms with Gasteiger partial charge in [0.25, 0.3) is 0 Å². The second kappa shape index (κ2) is 8.01. The number of phenolic OH excluding ortho intramolecular Hbond substituents is 1. The Morgan fingerprint density at radius 3 is 2.42 bits per heavy atom. The van der Waals surface area contributed by atoms with Gasteiger partial charge in [0, 0.05) is 54.6 Å². The molecule has 194 valence electrons. The first-order valence-corrected chi connectivity index (χ1v) is 13.6. The Balaban J connectivity index is 1.29. The van der Waals surface area contributed by atoms with Crippen molar-refractivity contribution in [2.75, 3.05) is 36.0 Å². The van der Waals surface area contributed by atoms with Crippen LogP contribution < -0.4 is 15.1 Å². The summed E-state index contributed by atoms with van der Waals surface area (Å²) in [6, 6.07) is 15.6. The highest BCUT2D eigenvalue weighted by atomic mass is 19.1. The van der Waals surface area contributed by atoms with E-state index in [9.17, 15) is 10.2 Å². The zero-order valence-corrected chi connectivity index (χ0v) is 21.1. The number of halogens is 1. The van der Waals surface area contributed by atoms with Crippen LogP contribution in [-0.4, -0.2) is 64.5 Å². The van der Waals surface area contributed by atoms with Crippen LogP contribution in [0.3, 0.4) is 0 Å². The van der Waals surface area contributed by atoms with Crippen molar-refractivity contribution in [3.8, 4) is 16.9 Å². The van der Waals surface area contributed by atoms with Crippen LogP contribution >= 0.6 is 0 Å². The van der Waals surface area contributed by atoms with Gasteiger partial charge in [-0.15, -0.1) is 0 Å². The quantitative estimate of drug-likeness (QED) is 0.380. The maximum Gasteiger partial charge on any atom is 0.228 e. The Kier molecular flexibility index (Phi) is 4.74. The molecule has 1 saturated carbocycles. The van der Waals surface area contributed by atoms with E-state index in [0.29, 0.717) is 53.2 Å². The molecule has 3 aliphatic heterocycles. The molecule has 0 amide bonds. The van der Waals surface area contributed by atoms with Gasteiger partial charge in [-0.1, -0.05) is 30.3 Å². The van der Waals surface area contributed by atoms with E-state index in [0.717, 1.165) is 55.4 Å². The minimum atomic E-state index is -0.403. The number of anilines is 2. The molecule has 3 atom stereocenters. The smallest absolute Gasteiger partial charge is 0.228 e. The van der Waals surface area contributed by atoms with E-state index in [4.69, 9.17) is 9.97 Å². The molecule has 1 unspecified atom stereocenters. The van der Waals surface area contributed by atoms with Crippen LogP contribution in [0.5, 0.6) is 5.75 Å². The molecule has 1 aromatic heterocycles. The van der Waals surface area contributed by atoms with E-state index in [1.165, 1.54) is 0 Å². The number of hydrogen-bond acceptors (Lipinski definition) is 7. The molecule has 0 radical (unpaired) electrons. The van der Waals surface area contributed by atoms with Crippen LogP contribution in [0.1, 0.15) is 25.7 Å². The third-order valence-electron chi connectivity index (χ3n) is 9.34. The highest BCUT2D eigenvalue weighted by Gasteiger charge is 2.55. The van der Waals surface area contributed by atoms with Crippen molar-refractivity contribution in [3.05, 3.63) is 54.3 Å². The summed E-state index contributed by atoms with van der Waals surface area (Å²) < 4.78 is 16.5. The largest absolute Gasteiger partial charge is 0.508 e. The Morgan fingerprint density at radius 2 is 1.68 bits per heavy atom. The minimum absolute atomic E-state index is 0.0620. The van der Waals surface area contributed by atoms with E-state index in [-0.39, 0.29) is 17.3 Å². The zero-order chi connectivity index (χ0) is 25.6. The number of aliphatic hydroxyl groups is 1. The second-order valence-electron chi connectivity index (χ2n) is 11.7. The van der Waals surface area contributed by atoms with Crippen LogP contribution in [0.2, 0.25) is 0 Å². The first-order chi connectivity index (χ1) is 18.5. The third kappa shape index (κ3) is 3.26. The highest BCUT2D eigenvalue weighted by molar-refractivity contribution is 6.01. The van der Waals surface area contributed by atoms with Crippen LogP contribution in [0.25, 0.3) is 32.8 Å². The number of aromatic nitrogens is 2. The van der Waals surface area contributed by atoms with Crippen LogP contribution in [0.4, 0.5) is 16.2 Å². The molecular formula is C30H30FN5O2. The number of aromatic hydroxyl groups is 1. The number of benzene rings is 3. The van der Waals surface area contributed by atoms with E-state index < -0.39 is 5.82 Å².